The average Bonchev–Trinajstić information content (AvgIpc) is 3.57. The van der Waals surface area contributed by atoms with Crippen LogP contribution in [0, 0.1) is 81.5 Å². The fourth-order valence-electron chi connectivity index (χ4n) is 6.37. The van der Waals surface area contributed by atoms with Gasteiger partial charge in [-0.2, -0.15) is 0 Å². The third kappa shape index (κ3) is 11.2. The van der Waals surface area contributed by atoms with Gasteiger partial charge in [-0.1, -0.05) is 69.8 Å². The van der Waals surface area contributed by atoms with E-state index >= 15 is 0 Å². The number of rotatable bonds is 6. The molecule has 0 bridgehead atoms. The summed E-state index contributed by atoms with van der Waals surface area (Å²) in [6.07, 6.45) is 2.56. The maximum Gasteiger partial charge on any atom is 3.00 e. The first kappa shape index (κ1) is 37.7. The molecule has 8 heteroatoms. The quantitative estimate of drug-likeness (QED) is 0.369. The van der Waals surface area contributed by atoms with Crippen LogP contribution in [0.15, 0.2) is 36.4 Å². The maximum atomic E-state index is 12.9. The van der Waals surface area contributed by atoms with Gasteiger partial charge in [-0.3, -0.25) is 14.7 Å². The van der Waals surface area contributed by atoms with Gasteiger partial charge in [0.25, 0.3) is 0 Å². The van der Waals surface area contributed by atoms with E-state index in [4.69, 9.17) is 4.74 Å². The Morgan fingerprint density at radius 2 is 0.756 bits per heavy atom. The van der Waals surface area contributed by atoms with E-state index in [0.717, 1.165) is 103 Å². The van der Waals surface area contributed by atoms with Crippen molar-refractivity contribution in [3.63, 3.8) is 0 Å². The van der Waals surface area contributed by atoms with Crippen molar-refractivity contribution >= 4 is 0 Å². The van der Waals surface area contributed by atoms with E-state index < -0.39 is 0 Å². The smallest absolute Gasteiger partial charge is 0.872 e. The summed E-state index contributed by atoms with van der Waals surface area (Å²) in [6, 6.07) is 11.9. The molecule has 0 aliphatic carbocycles. The Kier molecular flexibility index (Phi) is 15.0. The van der Waals surface area contributed by atoms with Crippen molar-refractivity contribution < 1.29 is 60.0 Å². The molecule has 0 amide bonds. The zero-order valence-electron chi connectivity index (χ0n) is 28.0. The van der Waals surface area contributed by atoms with Crippen molar-refractivity contribution in [2.24, 2.45) is 0 Å². The van der Waals surface area contributed by atoms with Crippen LogP contribution in [0.2, 0.25) is 0 Å². The molecule has 3 aromatic carbocycles. The molecule has 2 saturated heterocycles. The summed E-state index contributed by atoms with van der Waals surface area (Å²) in [5, 5.41) is 38.7. The first-order valence-corrected chi connectivity index (χ1v) is 16.1. The molecule has 2 heterocycles. The summed E-state index contributed by atoms with van der Waals surface area (Å²) in [6.45, 7) is 20.3. The topological polar surface area (TPSA) is 88.1 Å². The standard InChI is InChI=1S/C33H45N3O3.C4H8O.Gd/c1-22-13-25(4)31(37)28(16-22)19-34-7-9-35(20-29-17-23(2)14-26(5)32(29)38)11-12-36(10-8-34)21-30-18-24(3)15-27(6)33(30)39;1-2-4-5-3-1;/h13-18,37-39H,7-12,19-21H2,1-6H3;1-4H2;/q;;+3/p-3. The number of ether oxygens (including phenoxy) is 1. The molecular weight excluding hydrogens is 708 g/mol. The van der Waals surface area contributed by atoms with Gasteiger partial charge < -0.3 is 20.1 Å². The first-order chi connectivity index (χ1) is 21.0. The van der Waals surface area contributed by atoms with Gasteiger partial charge in [-0.05, 0) is 71.1 Å². The monoisotopic (exact) mass is 758 g/mol. The van der Waals surface area contributed by atoms with E-state index in [1.54, 1.807) is 0 Å². The predicted molar refractivity (Wildman–Crippen MR) is 172 cm³/mol. The Labute approximate surface area is 302 Å². The fourth-order valence-corrected chi connectivity index (χ4v) is 6.37. The normalized spacial score (nSPS) is 16.7. The third-order valence-corrected chi connectivity index (χ3v) is 8.69. The van der Waals surface area contributed by atoms with Gasteiger partial charge in [0, 0.05) is 72.1 Å². The molecule has 245 valence electrons. The van der Waals surface area contributed by atoms with E-state index in [9.17, 15) is 15.3 Å². The van der Waals surface area contributed by atoms with Crippen molar-refractivity contribution in [2.45, 2.75) is 74.0 Å². The summed E-state index contributed by atoms with van der Waals surface area (Å²) >= 11 is 0. The summed E-state index contributed by atoms with van der Waals surface area (Å²) in [7, 11) is 0. The van der Waals surface area contributed by atoms with Crippen molar-refractivity contribution in [1.82, 2.24) is 14.7 Å². The van der Waals surface area contributed by atoms with E-state index in [1.807, 2.05) is 77.9 Å². The van der Waals surface area contributed by atoms with E-state index in [0.29, 0.717) is 19.6 Å². The second-order valence-corrected chi connectivity index (χ2v) is 12.9. The predicted octanol–water partition coefficient (Wildman–Crippen LogP) is 4.37. The molecule has 45 heavy (non-hydrogen) atoms. The molecule has 0 unspecified atom stereocenters. The van der Waals surface area contributed by atoms with Gasteiger partial charge in [-0.25, -0.2) is 0 Å². The molecule has 0 spiro atoms. The molecule has 3 aromatic rings. The maximum absolute atomic E-state index is 12.9. The Morgan fingerprint density at radius 3 is 0.978 bits per heavy atom. The van der Waals surface area contributed by atoms with Crippen LogP contribution < -0.4 is 15.3 Å². The SMILES string of the molecule is C1CCOC1.Cc1cc(C)c([O-])c(CN2CCN(Cc3cc(C)cc(C)c3[O-])CCN(Cc3cc(C)cc(C)c3[O-])CC2)c1.[Gd+3]. The van der Waals surface area contributed by atoms with Crippen molar-refractivity contribution in [1.29, 1.82) is 0 Å². The molecule has 0 saturated carbocycles. The van der Waals surface area contributed by atoms with E-state index in [1.165, 1.54) is 12.8 Å². The van der Waals surface area contributed by atoms with Gasteiger partial charge in [0.1, 0.15) is 0 Å². The van der Waals surface area contributed by atoms with Gasteiger partial charge in [-0.15, -0.1) is 17.2 Å². The Hall–Kier alpha value is -1.78. The summed E-state index contributed by atoms with van der Waals surface area (Å²) in [4.78, 5) is 7.04. The Balaban J connectivity index is 0.000000837. The van der Waals surface area contributed by atoms with Crippen LogP contribution in [0.4, 0.5) is 0 Å². The molecule has 2 aliphatic heterocycles. The first-order valence-electron chi connectivity index (χ1n) is 16.1. The minimum Gasteiger partial charge on any atom is -0.872 e. The number of hydrogen-bond donors (Lipinski definition) is 0. The second-order valence-electron chi connectivity index (χ2n) is 12.9. The Morgan fingerprint density at radius 1 is 0.489 bits per heavy atom. The van der Waals surface area contributed by atoms with E-state index in [2.05, 4.69) is 14.7 Å². The minimum atomic E-state index is 0. The Bertz CT molecular complexity index is 1230. The van der Waals surface area contributed by atoms with Gasteiger partial charge in [0.2, 0.25) is 0 Å². The van der Waals surface area contributed by atoms with Gasteiger partial charge in [0.05, 0.1) is 0 Å². The molecular formula is C37H50GdN3O4. The van der Waals surface area contributed by atoms with Crippen LogP contribution >= 0.6 is 0 Å². The molecule has 0 atom stereocenters. The minimum absolute atomic E-state index is 0. The number of benzene rings is 3. The number of nitrogens with zero attached hydrogens (tertiary/aromatic N) is 3. The van der Waals surface area contributed by atoms with Crippen molar-refractivity contribution in [3.05, 3.63) is 86.5 Å². The zero-order chi connectivity index (χ0) is 31.8. The fraction of sp³-hybridized carbons (Fsp3) is 0.514. The van der Waals surface area contributed by atoms with Crippen LogP contribution in [0.25, 0.3) is 0 Å². The van der Waals surface area contributed by atoms with Crippen molar-refractivity contribution in [2.75, 3.05) is 52.5 Å². The summed E-state index contributed by atoms with van der Waals surface area (Å²) in [5.41, 5.74) is 8.15. The number of hydrogen-bond acceptors (Lipinski definition) is 7. The third-order valence-electron chi connectivity index (χ3n) is 8.69. The summed E-state index contributed by atoms with van der Waals surface area (Å²) in [5.74, 6) is 0.352. The largest absolute Gasteiger partial charge is 3.00 e. The molecule has 7 nitrogen and oxygen atoms in total. The van der Waals surface area contributed by atoms with Crippen LogP contribution in [0.1, 0.15) is 62.9 Å². The van der Waals surface area contributed by atoms with Crippen LogP contribution in [-0.4, -0.2) is 67.2 Å². The average molecular weight is 758 g/mol. The van der Waals surface area contributed by atoms with Gasteiger partial charge in [0.15, 0.2) is 0 Å². The summed E-state index contributed by atoms with van der Waals surface area (Å²) < 4.78 is 4.94. The van der Waals surface area contributed by atoms with E-state index in [-0.39, 0.29) is 57.2 Å². The van der Waals surface area contributed by atoms with Crippen LogP contribution in [-0.2, 0) is 24.4 Å². The molecule has 5 rings (SSSR count). The van der Waals surface area contributed by atoms with Crippen LogP contribution in [0.5, 0.6) is 17.2 Å². The van der Waals surface area contributed by atoms with Crippen LogP contribution in [0.3, 0.4) is 0 Å². The zero-order valence-corrected chi connectivity index (χ0v) is 30.3. The molecule has 2 fully saturated rings. The number of aryl methyl sites for hydroxylation is 6. The molecule has 0 aromatic heterocycles. The van der Waals surface area contributed by atoms with Gasteiger partial charge >= 0.3 is 39.9 Å². The molecule has 1 radical (unpaired) electrons. The molecule has 2 aliphatic rings. The molecule has 0 N–H and O–H groups in total. The van der Waals surface area contributed by atoms with Crippen molar-refractivity contribution in [3.8, 4) is 17.2 Å². The second kappa shape index (κ2) is 18.0.